The van der Waals surface area contributed by atoms with E-state index < -0.39 is 6.10 Å². The standard InChI is InChI=1S/C22H21ClN2O2/c1-27-21(17-10-6-3-7-11-17)22(26)25-18-12-13-20(19(23)14-18)24-15-16-8-4-2-5-9-16/h2-14,21,24H,15H2,1H3,(H,25,26). The van der Waals surface area contributed by atoms with Crippen LogP contribution in [0.1, 0.15) is 17.2 Å². The third kappa shape index (κ3) is 5.09. The number of anilines is 2. The highest BCUT2D eigenvalue weighted by atomic mass is 35.5. The largest absolute Gasteiger partial charge is 0.380 e. The van der Waals surface area contributed by atoms with Gasteiger partial charge in [0.2, 0.25) is 0 Å². The summed E-state index contributed by atoms with van der Waals surface area (Å²) in [6.45, 7) is 0.673. The monoisotopic (exact) mass is 380 g/mol. The molecule has 1 atom stereocenters. The van der Waals surface area contributed by atoms with Gasteiger partial charge in [-0.1, -0.05) is 72.3 Å². The van der Waals surface area contributed by atoms with Crippen LogP contribution in [-0.4, -0.2) is 13.0 Å². The Bertz CT molecular complexity index is 885. The number of carbonyl (C=O) groups excluding carboxylic acids is 1. The smallest absolute Gasteiger partial charge is 0.258 e. The van der Waals surface area contributed by atoms with Crippen molar-refractivity contribution in [3.8, 4) is 0 Å². The topological polar surface area (TPSA) is 50.4 Å². The minimum Gasteiger partial charge on any atom is -0.380 e. The molecule has 2 N–H and O–H groups in total. The van der Waals surface area contributed by atoms with Crippen molar-refractivity contribution < 1.29 is 9.53 Å². The molecule has 3 rings (SSSR count). The van der Waals surface area contributed by atoms with Gasteiger partial charge in [-0.15, -0.1) is 0 Å². The Kier molecular flexibility index (Phi) is 6.47. The van der Waals surface area contributed by atoms with Gasteiger partial charge in [-0.05, 0) is 29.3 Å². The van der Waals surface area contributed by atoms with Gasteiger partial charge in [0.25, 0.3) is 5.91 Å². The Morgan fingerprint density at radius 2 is 1.67 bits per heavy atom. The van der Waals surface area contributed by atoms with Gasteiger partial charge in [0.1, 0.15) is 0 Å². The number of amides is 1. The van der Waals surface area contributed by atoms with Crippen LogP contribution in [0.2, 0.25) is 5.02 Å². The van der Waals surface area contributed by atoms with E-state index in [-0.39, 0.29) is 5.91 Å². The van der Waals surface area contributed by atoms with Gasteiger partial charge in [-0.2, -0.15) is 0 Å². The number of hydrogen-bond acceptors (Lipinski definition) is 3. The van der Waals surface area contributed by atoms with Crippen molar-refractivity contribution >= 4 is 28.9 Å². The second-order valence-electron chi connectivity index (χ2n) is 6.05. The highest BCUT2D eigenvalue weighted by molar-refractivity contribution is 6.33. The molecule has 0 saturated heterocycles. The van der Waals surface area contributed by atoms with Crippen LogP contribution < -0.4 is 10.6 Å². The lowest BCUT2D eigenvalue weighted by atomic mass is 10.1. The van der Waals surface area contributed by atoms with Crippen LogP contribution >= 0.6 is 11.6 Å². The first-order valence-electron chi connectivity index (χ1n) is 8.63. The molecule has 0 bridgehead atoms. The predicted molar refractivity (Wildman–Crippen MR) is 110 cm³/mol. The second-order valence-corrected chi connectivity index (χ2v) is 6.46. The van der Waals surface area contributed by atoms with E-state index in [0.29, 0.717) is 17.3 Å². The molecular formula is C22H21ClN2O2. The van der Waals surface area contributed by atoms with E-state index in [1.807, 2.05) is 72.8 Å². The van der Waals surface area contributed by atoms with Crippen LogP contribution in [0.3, 0.4) is 0 Å². The summed E-state index contributed by atoms with van der Waals surface area (Å²) in [6, 6.07) is 24.8. The number of benzene rings is 3. The number of carbonyl (C=O) groups is 1. The van der Waals surface area contributed by atoms with E-state index in [9.17, 15) is 4.79 Å². The Hall–Kier alpha value is -2.82. The third-order valence-electron chi connectivity index (χ3n) is 4.14. The lowest BCUT2D eigenvalue weighted by Gasteiger charge is -2.16. The highest BCUT2D eigenvalue weighted by Gasteiger charge is 2.20. The lowest BCUT2D eigenvalue weighted by molar-refractivity contribution is -0.126. The number of hydrogen-bond donors (Lipinski definition) is 2. The Morgan fingerprint density at radius 1 is 1.00 bits per heavy atom. The van der Waals surface area contributed by atoms with Gasteiger partial charge < -0.3 is 15.4 Å². The maximum absolute atomic E-state index is 12.6. The molecule has 0 fully saturated rings. The molecular weight excluding hydrogens is 360 g/mol. The van der Waals surface area contributed by atoms with Gasteiger partial charge in [-0.3, -0.25) is 4.79 Å². The Labute approximate surface area is 164 Å². The van der Waals surface area contributed by atoms with Crippen molar-refractivity contribution in [2.45, 2.75) is 12.6 Å². The molecule has 5 heteroatoms. The number of halogens is 1. The maximum atomic E-state index is 12.6. The fraction of sp³-hybridized carbons (Fsp3) is 0.136. The third-order valence-corrected chi connectivity index (χ3v) is 4.45. The minimum absolute atomic E-state index is 0.246. The van der Waals surface area contributed by atoms with Gasteiger partial charge in [0, 0.05) is 19.3 Å². The van der Waals surface area contributed by atoms with Crippen molar-refractivity contribution in [3.05, 3.63) is 95.0 Å². The molecule has 3 aromatic rings. The highest BCUT2D eigenvalue weighted by Crippen LogP contribution is 2.27. The van der Waals surface area contributed by atoms with Gasteiger partial charge in [0.15, 0.2) is 6.10 Å². The molecule has 4 nitrogen and oxygen atoms in total. The molecule has 0 saturated carbocycles. The quantitative estimate of drug-likeness (QED) is 0.586. The molecule has 0 aliphatic heterocycles. The molecule has 0 spiro atoms. The van der Waals surface area contributed by atoms with Crippen LogP contribution in [0, 0.1) is 0 Å². The first-order chi connectivity index (χ1) is 13.2. The van der Waals surface area contributed by atoms with Crippen LogP contribution in [0.15, 0.2) is 78.9 Å². The molecule has 0 heterocycles. The zero-order valence-corrected chi connectivity index (χ0v) is 15.7. The van der Waals surface area contributed by atoms with E-state index in [2.05, 4.69) is 10.6 Å². The van der Waals surface area contributed by atoms with Crippen molar-refractivity contribution in [1.29, 1.82) is 0 Å². The molecule has 1 amide bonds. The molecule has 138 valence electrons. The summed E-state index contributed by atoms with van der Waals surface area (Å²) in [5, 5.41) is 6.70. The summed E-state index contributed by atoms with van der Waals surface area (Å²) < 4.78 is 5.35. The molecule has 1 unspecified atom stereocenters. The molecule has 0 radical (unpaired) electrons. The van der Waals surface area contributed by atoms with Gasteiger partial charge >= 0.3 is 0 Å². The number of methoxy groups -OCH3 is 1. The molecule has 0 aromatic heterocycles. The van der Waals surface area contributed by atoms with E-state index in [1.54, 1.807) is 6.07 Å². The van der Waals surface area contributed by atoms with E-state index >= 15 is 0 Å². The Balaban J connectivity index is 1.65. The van der Waals surface area contributed by atoms with Crippen LogP contribution in [0.5, 0.6) is 0 Å². The Morgan fingerprint density at radius 3 is 2.30 bits per heavy atom. The zero-order chi connectivity index (χ0) is 19.1. The average Bonchev–Trinajstić information content (AvgIpc) is 2.69. The first kappa shape index (κ1) is 19.0. The molecule has 0 aliphatic rings. The van der Waals surface area contributed by atoms with Crippen LogP contribution in [-0.2, 0) is 16.1 Å². The normalized spacial score (nSPS) is 11.6. The second kappa shape index (κ2) is 9.21. The summed E-state index contributed by atoms with van der Waals surface area (Å²) >= 11 is 6.36. The number of ether oxygens (including phenoxy) is 1. The fourth-order valence-electron chi connectivity index (χ4n) is 2.76. The number of nitrogens with one attached hydrogen (secondary N) is 2. The summed E-state index contributed by atoms with van der Waals surface area (Å²) in [6.07, 6.45) is -0.680. The van der Waals surface area contributed by atoms with E-state index in [4.69, 9.17) is 16.3 Å². The van der Waals surface area contributed by atoms with E-state index in [0.717, 1.165) is 16.8 Å². The molecule has 3 aromatic carbocycles. The lowest BCUT2D eigenvalue weighted by Crippen LogP contribution is -2.22. The summed E-state index contributed by atoms with van der Waals surface area (Å²) in [4.78, 5) is 12.6. The van der Waals surface area contributed by atoms with Crippen LogP contribution in [0.25, 0.3) is 0 Å². The zero-order valence-electron chi connectivity index (χ0n) is 15.0. The van der Waals surface area contributed by atoms with Gasteiger partial charge in [0.05, 0.1) is 10.7 Å². The predicted octanol–water partition coefficient (Wildman–Crippen LogP) is 5.28. The summed E-state index contributed by atoms with van der Waals surface area (Å²) in [5.74, 6) is -0.246. The summed E-state index contributed by atoms with van der Waals surface area (Å²) in [7, 11) is 1.51. The van der Waals surface area contributed by atoms with Crippen LogP contribution in [0.4, 0.5) is 11.4 Å². The molecule has 0 aliphatic carbocycles. The average molecular weight is 381 g/mol. The van der Waals surface area contributed by atoms with Crippen molar-refractivity contribution in [1.82, 2.24) is 0 Å². The maximum Gasteiger partial charge on any atom is 0.258 e. The van der Waals surface area contributed by atoms with Gasteiger partial charge in [-0.25, -0.2) is 0 Å². The van der Waals surface area contributed by atoms with Crippen molar-refractivity contribution in [2.75, 3.05) is 17.7 Å². The van der Waals surface area contributed by atoms with Crippen molar-refractivity contribution in [3.63, 3.8) is 0 Å². The molecule has 27 heavy (non-hydrogen) atoms. The minimum atomic E-state index is -0.680. The van der Waals surface area contributed by atoms with Crippen molar-refractivity contribution in [2.24, 2.45) is 0 Å². The SMILES string of the molecule is COC(C(=O)Nc1ccc(NCc2ccccc2)c(Cl)c1)c1ccccc1. The summed E-state index contributed by atoms with van der Waals surface area (Å²) in [5.41, 5.74) is 3.39. The fourth-order valence-corrected chi connectivity index (χ4v) is 3.01. The first-order valence-corrected chi connectivity index (χ1v) is 9.01. The van der Waals surface area contributed by atoms with E-state index in [1.165, 1.54) is 7.11 Å². The number of rotatable bonds is 7.